The first kappa shape index (κ1) is 24.3. The van der Waals surface area contributed by atoms with Crippen molar-refractivity contribution in [3.8, 4) is 0 Å². The number of thioether (sulfide) groups is 1. The molecule has 3 aromatic rings. The van der Waals surface area contributed by atoms with Crippen LogP contribution in [0.2, 0.25) is 5.02 Å². The number of carbonyl (C=O) groups is 2. The van der Waals surface area contributed by atoms with Gasteiger partial charge in [0.25, 0.3) is 0 Å². The fraction of sp³-hybridized carbons (Fsp3) is 0.167. The Labute approximate surface area is 201 Å². The molecule has 9 heteroatoms. The lowest BCUT2D eigenvalue weighted by Gasteiger charge is -2.09. The van der Waals surface area contributed by atoms with Gasteiger partial charge in [0.1, 0.15) is 0 Å². The van der Waals surface area contributed by atoms with Crippen LogP contribution in [-0.2, 0) is 22.7 Å². The molecule has 7 nitrogen and oxygen atoms in total. The van der Waals surface area contributed by atoms with Crippen LogP contribution in [-0.4, -0.2) is 32.3 Å². The minimum atomic E-state index is -0.283. The topological polar surface area (TPSA) is 88.9 Å². The third kappa shape index (κ3) is 7.06. The minimum Gasteiger partial charge on any atom is -0.345 e. The number of amides is 2. The van der Waals surface area contributed by atoms with E-state index >= 15 is 0 Å². The number of anilines is 1. The number of carbonyl (C=O) groups excluding carboxylic acids is 2. The summed E-state index contributed by atoms with van der Waals surface area (Å²) in [5.74, 6) is 0.324. The average Bonchev–Trinajstić information content (AvgIpc) is 3.19. The first-order chi connectivity index (χ1) is 16.0. The van der Waals surface area contributed by atoms with E-state index < -0.39 is 0 Å². The summed E-state index contributed by atoms with van der Waals surface area (Å²) in [6.45, 7) is 6.34. The highest BCUT2D eigenvalue weighted by molar-refractivity contribution is 7.99. The molecule has 0 fully saturated rings. The van der Waals surface area contributed by atoms with Gasteiger partial charge in [0.15, 0.2) is 11.0 Å². The van der Waals surface area contributed by atoms with Crippen molar-refractivity contribution in [1.82, 2.24) is 20.1 Å². The summed E-state index contributed by atoms with van der Waals surface area (Å²) in [5.41, 5.74) is 2.53. The van der Waals surface area contributed by atoms with Crippen LogP contribution >= 0.6 is 23.4 Å². The summed E-state index contributed by atoms with van der Waals surface area (Å²) in [7, 11) is 0. The van der Waals surface area contributed by atoms with E-state index in [2.05, 4.69) is 27.4 Å². The van der Waals surface area contributed by atoms with E-state index in [0.717, 1.165) is 16.8 Å². The molecule has 170 valence electrons. The molecule has 0 saturated carbocycles. The molecule has 0 atom stereocenters. The number of aromatic nitrogens is 3. The van der Waals surface area contributed by atoms with Gasteiger partial charge < -0.3 is 15.2 Å². The lowest BCUT2D eigenvalue weighted by Crippen LogP contribution is -2.23. The molecule has 0 saturated heterocycles. The quantitative estimate of drug-likeness (QED) is 0.253. The smallest absolute Gasteiger partial charge is 0.244 e. The Bertz CT molecular complexity index is 1180. The van der Waals surface area contributed by atoms with Gasteiger partial charge in [-0.25, -0.2) is 0 Å². The SMILES string of the molecule is C=CCn1c(CNC(=O)/C=C/c2ccccc2Cl)nnc1SCC(=O)Nc1ccccc1C. The highest BCUT2D eigenvalue weighted by Gasteiger charge is 2.14. The van der Waals surface area contributed by atoms with Gasteiger partial charge in [-0.3, -0.25) is 9.59 Å². The summed E-state index contributed by atoms with van der Waals surface area (Å²) < 4.78 is 1.82. The number of nitrogens with one attached hydrogen (secondary N) is 2. The van der Waals surface area contributed by atoms with Crippen molar-refractivity contribution in [1.29, 1.82) is 0 Å². The fourth-order valence-corrected chi connectivity index (χ4v) is 3.86. The number of aryl methyl sites for hydroxylation is 1. The summed E-state index contributed by atoms with van der Waals surface area (Å²) in [6, 6.07) is 14.9. The summed E-state index contributed by atoms with van der Waals surface area (Å²) in [4.78, 5) is 24.6. The van der Waals surface area contributed by atoms with Crippen LogP contribution in [0.1, 0.15) is 17.0 Å². The van der Waals surface area contributed by atoms with Gasteiger partial charge >= 0.3 is 0 Å². The first-order valence-electron chi connectivity index (χ1n) is 10.2. The molecule has 2 N–H and O–H groups in total. The number of para-hydroxylation sites is 1. The zero-order valence-electron chi connectivity index (χ0n) is 18.1. The number of hydrogen-bond donors (Lipinski definition) is 2. The molecular formula is C24H24ClN5O2S. The van der Waals surface area contributed by atoms with Gasteiger partial charge in [0.2, 0.25) is 11.8 Å². The lowest BCUT2D eigenvalue weighted by molar-refractivity contribution is -0.116. The van der Waals surface area contributed by atoms with E-state index in [1.165, 1.54) is 17.8 Å². The maximum atomic E-state index is 12.4. The van der Waals surface area contributed by atoms with Crippen LogP contribution in [0.3, 0.4) is 0 Å². The Morgan fingerprint density at radius 2 is 1.91 bits per heavy atom. The van der Waals surface area contributed by atoms with Gasteiger partial charge in [0, 0.05) is 23.3 Å². The minimum absolute atomic E-state index is 0.137. The van der Waals surface area contributed by atoms with Crippen LogP contribution in [0, 0.1) is 6.92 Å². The highest BCUT2D eigenvalue weighted by atomic mass is 35.5. The monoisotopic (exact) mass is 481 g/mol. The molecule has 2 aromatic carbocycles. The second-order valence-electron chi connectivity index (χ2n) is 7.02. The van der Waals surface area contributed by atoms with Crippen molar-refractivity contribution in [3.63, 3.8) is 0 Å². The first-order valence-corrected chi connectivity index (χ1v) is 11.6. The number of nitrogens with zero attached hydrogens (tertiary/aromatic N) is 3. The molecule has 3 rings (SSSR count). The highest BCUT2D eigenvalue weighted by Crippen LogP contribution is 2.19. The number of hydrogen-bond acceptors (Lipinski definition) is 5. The maximum absolute atomic E-state index is 12.4. The van der Waals surface area contributed by atoms with E-state index in [1.54, 1.807) is 18.2 Å². The van der Waals surface area contributed by atoms with Crippen molar-refractivity contribution in [2.75, 3.05) is 11.1 Å². The lowest BCUT2D eigenvalue weighted by atomic mass is 10.2. The van der Waals surface area contributed by atoms with Crippen molar-refractivity contribution in [3.05, 3.63) is 89.2 Å². The molecule has 33 heavy (non-hydrogen) atoms. The Morgan fingerprint density at radius 1 is 1.15 bits per heavy atom. The van der Waals surface area contributed by atoms with Crippen molar-refractivity contribution < 1.29 is 9.59 Å². The predicted octanol–water partition coefficient (Wildman–Crippen LogP) is 4.49. The number of rotatable bonds is 10. The van der Waals surface area contributed by atoms with Crippen molar-refractivity contribution in [2.45, 2.75) is 25.2 Å². The molecule has 0 bridgehead atoms. The van der Waals surface area contributed by atoms with Crippen LogP contribution in [0.5, 0.6) is 0 Å². The largest absolute Gasteiger partial charge is 0.345 e. The normalized spacial score (nSPS) is 10.8. The second-order valence-corrected chi connectivity index (χ2v) is 8.37. The summed E-state index contributed by atoms with van der Waals surface area (Å²) in [6.07, 6.45) is 4.78. The van der Waals surface area contributed by atoms with E-state index in [1.807, 2.05) is 54.0 Å². The predicted molar refractivity (Wildman–Crippen MR) is 133 cm³/mol. The Kier molecular flexibility index (Phi) is 8.86. The van der Waals surface area contributed by atoms with Gasteiger partial charge in [-0.15, -0.1) is 16.8 Å². The molecule has 2 amide bonds. The Morgan fingerprint density at radius 3 is 2.67 bits per heavy atom. The van der Waals surface area contributed by atoms with Gasteiger partial charge in [0.05, 0.1) is 12.3 Å². The van der Waals surface area contributed by atoms with Gasteiger partial charge in [-0.1, -0.05) is 65.8 Å². The molecule has 0 unspecified atom stereocenters. The van der Waals surface area contributed by atoms with Crippen molar-refractivity contribution >= 4 is 46.9 Å². The molecule has 0 radical (unpaired) electrons. The number of halogens is 1. The molecular weight excluding hydrogens is 458 g/mol. The molecule has 0 aliphatic carbocycles. The Hall–Kier alpha value is -3.36. The molecule has 1 heterocycles. The van der Waals surface area contributed by atoms with E-state index in [9.17, 15) is 9.59 Å². The number of benzene rings is 2. The second kappa shape index (κ2) is 12.0. The number of allylic oxidation sites excluding steroid dienone is 1. The average molecular weight is 482 g/mol. The zero-order chi connectivity index (χ0) is 23.6. The van der Waals surface area contributed by atoms with Crippen molar-refractivity contribution in [2.24, 2.45) is 0 Å². The standard InChI is InChI=1S/C24H24ClN5O2S/c1-3-14-30-21(15-26-22(31)13-12-18-9-5-6-10-19(18)25)28-29-24(30)33-16-23(32)27-20-11-7-4-8-17(20)2/h3-13H,1,14-16H2,2H3,(H,26,31)(H,27,32)/b13-12+. The van der Waals surface area contributed by atoms with Crippen LogP contribution < -0.4 is 10.6 Å². The van der Waals surface area contributed by atoms with Gasteiger partial charge in [-0.2, -0.15) is 0 Å². The third-order valence-corrected chi connectivity index (χ3v) is 5.91. The molecule has 1 aromatic heterocycles. The van der Waals surface area contributed by atoms with E-state index in [-0.39, 0.29) is 24.1 Å². The van der Waals surface area contributed by atoms with Gasteiger partial charge in [-0.05, 0) is 36.3 Å². The van der Waals surface area contributed by atoms with Crippen LogP contribution in [0.15, 0.2) is 72.4 Å². The zero-order valence-corrected chi connectivity index (χ0v) is 19.7. The molecule has 0 aliphatic rings. The summed E-state index contributed by atoms with van der Waals surface area (Å²) in [5, 5.41) is 15.2. The van der Waals surface area contributed by atoms with Crippen LogP contribution in [0.4, 0.5) is 5.69 Å². The third-order valence-electron chi connectivity index (χ3n) is 4.60. The van der Waals surface area contributed by atoms with Crippen LogP contribution in [0.25, 0.3) is 6.08 Å². The molecule has 0 aliphatic heterocycles. The summed E-state index contributed by atoms with van der Waals surface area (Å²) >= 11 is 7.37. The Balaban J connectivity index is 1.58. The molecule has 0 spiro atoms. The maximum Gasteiger partial charge on any atom is 0.244 e. The van der Waals surface area contributed by atoms with E-state index in [0.29, 0.717) is 22.5 Å². The van der Waals surface area contributed by atoms with E-state index in [4.69, 9.17) is 11.6 Å². The fourth-order valence-electron chi connectivity index (χ4n) is 2.90.